The summed E-state index contributed by atoms with van der Waals surface area (Å²) < 4.78 is 7.83. The highest BCUT2D eigenvalue weighted by Gasteiger charge is 2.49. The molecule has 2 saturated heterocycles. The van der Waals surface area contributed by atoms with Crippen molar-refractivity contribution in [2.45, 2.75) is 38.8 Å². The predicted octanol–water partition coefficient (Wildman–Crippen LogP) is 4.30. The maximum absolute atomic E-state index is 9.39. The van der Waals surface area contributed by atoms with Crippen LogP contribution in [0.15, 0.2) is 35.5 Å². The summed E-state index contributed by atoms with van der Waals surface area (Å²) in [4.78, 5) is 11.7. The third-order valence-corrected chi connectivity index (χ3v) is 7.44. The van der Waals surface area contributed by atoms with Crippen molar-refractivity contribution in [2.75, 3.05) is 24.6 Å². The smallest absolute Gasteiger partial charge is 0.155 e. The van der Waals surface area contributed by atoms with Crippen molar-refractivity contribution in [3.05, 3.63) is 46.7 Å². The lowest BCUT2D eigenvalue weighted by Gasteiger charge is -2.41. The maximum atomic E-state index is 9.39. The van der Waals surface area contributed by atoms with Gasteiger partial charge < -0.3 is 9.64 Å². The summed E-state index contributed by atoms with van der Waals surface area (Å²) in [6.07, 6.45) is 3.87. The van der Waals surface area contributed by atoms with Crippen molar-refractivity contribution in [3.8, 4) is 17.3 Å². The van der Waals surface area contributed by atoms with E-state index in [9.17, 15) is 5.26 Å². The van der Waals surface area contributed by atoms with Crippen LogP contribution in [0.5, 0.6) is 0 Å². The molecule has 0 N–H and O–H groups in total. The molecule has 1 spiro atoms. The number of nitrogens with zero attached hydrogens (tertiary/aromatic N) is 6. The molecule has 0 unspecified atom stereocenters. The van der Waals surface area contributed by atoms with E-state index in [1.807, 2.05) is 29.6 Å². The van der Waals surface area contributed by atoms with Gasteiger partial charge in [0.1, 0.15) is 11.6 Å². The summed E-state index contributed by atoms with van der Waals surface area (Å²) in [5, 5.41) is 14.4. The Morgan fingerprint density at radius 2 is 2.09 bits per heavy atom. The molecule has 8 heteroatoms. The number of aliphatic imine (C=N–C) groups is 1. The van der Waals surface area contributed by atoms with Crippen molar-refractivity contribution >= 4 is 29.7 Å². The van der Waals surface area contributed by atoms with Gasteiger partial charge in [-0.1, -0.05) is 23.7 Å². The number of hydrogen-bond donors (Lipinski definition) is 0. The van der Waals surface area contributed by atoms with Gasteiger partial charge in [-0.15, -0.1) is 0 Å². The van der Waals surface area contributed by atoms with Gasteiger partial charge in [-0.25, -0.2) is 9.50 Å². The summed E-state index contributed by atoms with van der Waals surface area (Å²) in [5.41, 5.74) is 3.80. The lowest BCUT2D eigenvalue weighted by molar-refractivity contribution is 0.0974. The number of aromatic nitrogens is 3. The van der Waals surface area contributed by atoms with Crippen LogP contribution in [0, 0.1) is 23.7 Å². The molecule has 4 heterocycles. The molecule has 2 atom stereocenters. The van der Waals surface area contributed by atoms with Crippen LogP contribution in [0.1, 0.15) is 31.0 Å². The van der Waals surface area contributed by atoms with Gasteiger partial charge >= 0.3 is 0 Å². The Labute approximate surface area is 192 Å². The minimum atomic E-state index is 0.0639. The average Bonchev–Trinajstić information content (AvgIpc) is 3.39. The number of fused-ring (bicyclic) bond motifs is 1. The Morgan fingerprint density at radius 1 is 1.31 bits per heavy atom. The highest BCUT2D eigenvalue weighted by molar-refractivity contribution is 6.34. The lowest BCUT2D eigenvalue weighted by Crippen LogP contribution is -2.46. The van der Waals surface area contributed by atoms with Crippen molar-refractivity contribution in [1.82, 2.24) is 14.6 Å². The Bertz CT molecular complexity index is 1240. The minimum Gasteiger partial charge on any atom is -0.376 e. The van der Waals surface area contributed by atoms with E-state index >= 15 is 0 Å². The van der Waals surface area contributed by atoms with Crippen molar-refractivity contribution in [2.24, 2.45) is 10.4 Å². The second kappa shape index (κ2) is 7.88. The van der Waals surface area contributed by atoms with Crippen LogP contribution >= 0.6 is 11.6 Å². The first kappa shape index (κ1) is 20.9. The molecule has 2 aromatic heterocycles. The molecule has 0 bridgehead atoms. The van der Waals surface area contributed by atoms with Crippen LogP contribution < -0.4 is 4.90 Å². The zero-order chi connectivity index (χ0) is 22.5. The van der Waals surface area contributed by atoms with Crippen LogP contribution in [-0.2, 0) is 4.74 Å². The Balaban J connectivity index is 1.52. The fourth-order valence-electron chi connectivity index (χ4n) is 5.33. The normalized spacial score (nSPS) is 22.4. The van der Waals surface area contributed by atoms with Gasteiger partial charge in [0.15, 0.2) is 5.82 Å². The van der Waals surface area contributed by atoms with E-state index in [0.29, 0.717) is 10.6 Å². The largest absolute Gasteiger partial charge is 0.376 e. The summed E-state index contributed by atoms with van der Waals surface area (Å²) in [7, 11) is 0. The van der Waals surface area contributed by atoms with Crippen LogP contribution in [0.25, 0.3) is 16.8 Å². The monoisotopic (exact) mass is 448 g/mol. The molecular formula is C24H25ClN6O. The van der Waals surface area contributed by atoms with E-state index in [1.54, 1.807) is 12.3 Å². The fraction of sp³-hybridized carbons (Fsp3) is 0.417. The molecule has 32 heavy (non-hydrogen) atoms. The first-order chi connectivity index (χ1) is 15.5. The number of aryl methyl sites for hydroxylation is 1. The quantitative estimate of drug-likeness (QED) is 0.558. The van der Waals surface area contributed by atoms with E-state index in [0.717, 1.165) is 60.8 Å². The van der Waals surface area contributed by atoms with Crippen LogP contribution in [-0.4, -0.2) is 53.2 Å². The van der Waals surface area contributed by atoms with Crippen LogP contribution in [0.4, 0.5) is 5.82 Å². The molecule has 0 radical (unpaired) electrons. The van der Waals surface area contributed by atoms with E-state index in [2.05, 4.69) is 34.7 Å². The van der Waals surface area contributed by atoms with Crippen LogP contribution in [0.2, 0.25) is 5.02 Å². The molecule has 3 aromatic rings. The van der Waals surface area contributed by atoms with Crippen molar-refractivity contribution < 1.29 is 4.74 Å². The number of benzene rings is 1. The SMILES string of the molecule is C=N[C@@H]1[C@H](C)OCC12CCN(c1nc(C)c(-c3cccc(C#N)c3Cl)n3nccc13)CC2. The highest BCUT2D eigenvalue weighted by atomic mass is 35.5. The molecule has 7 nitrogen and oxygen atoms in total. The molecule has 0 aliphatic carbocycles. The van der Waals surface area contributed by atoms with Gasteiger partial charge in [0.2, 0.25) is 0 Å². The summed E-state index contributed by atoms with van der Waals surface area (Å²) in [6, 6.07) is 9.73. The van der Waals surface area contributed by atoms with Gasteiger partial charge in [-0.05, 0) is 45.5 Å². The van der Waals surface area contributed by atoms with Gasteiger partial charge in [0.05, 0.1) is 46.9 Å². The number of halogens is 1. The second-order valence-corrected chi connectivity index (χ2v) is 9.15. The zero-order valence-electron chi connectivity index (χ0n) is 18.3. The summed E-state index contributed by atoms with van der Waals surface area (Å²) >= 11 is 6.55. The average molecular weight is 449 g/mol. The second-order valence-electron chi connectivity index (χ2n) is 8.77. The van der Waals surface area contributed by atoms with Crippen LogP contribution in [0.3, 0.4) is 0 Å². The van der Waals surface area contributed by atoms with Gasteiger partial charge in [-0.3, -0.25) is 4.99 Å². The van der Waals surface area contributed by atoms with Gasteiger partial charge in [0.25, 0.3) is 0 Å². The van der Waals surface area contributed by atoms with Gasteiger partial charge in [0, 0.05) is 24.1 Å². The molecule has 1 aromatic carbocycles. The van der Waals surface area contributed by atoms with E-state index in [-0.39, 0.29) is 17.6 Å². The standard InChI is InChI=1S/C24H25ClN6O/c1-15-21(18-6-4-5-17(13-26)20(18)25)31-19(7-10-28-31)23(29-15)30-11-8-24(9-12-30)14-32-16(2)22(24)27-3/h4-7,10,16,22H,3,8-9,11-12,14H2,1-2H3/t16-,22+/m0/s1. The number of nitriles is 1. The molecular weight excluding hydrogens is 424 g/mol. The molecule has 5 rings (SSSR count). The van der Waals surface area contributed by atoms with Crippen molar-refractivity contribution in [1.29, 1.82) is 5.26 Å². The van der Waals surface area contributed by atoms with E-state index in [1.165, 1.54) is 0 Å². The molecule has 164 valence electrons. The summed E-state index contributed by atoms with van der Waals surface area (Å²) in [6.45, 7) is 10.4. The number of hydrogen-bond acceptors (Lipinski definition) is 6. The molecule has 0 amide bonds. The third kappa shape index (κ3) is 3.09. The third-order valence-electron chi connectivity index (χ3n) is 7.04. The van der Waals surface area contributed by atoms with E-state index < -0.39 is 0 Å². The number of piperidine rings is 1. The number of rotatable bonds is 3. The lowest BCUT2D eigenvalue weighted by atomic mass is 9.73. The molecule has 2 aliphatic heterocycles. The topological polar surface area (TPSA) is 78.8 Å². The maximum Gasteiger partial charge on any atom is 0.155 e. The fourth-order valence-corrected chi connectivity index (χ4v) is 5.59. The first-order valence-corrected chi connectivity index (χ1v) is 11.2. The zero-order valence-corrected chi connectivity index (χ0v) is 19.0. The highest BCUT2D eigenvalue weighted by Crippen LogP contribution is 2.45. The minimum absolute atomic E-state index is 0.0639. The number of ether oxygens (including phenoxy) is 1. The van der Waals surface area contributed by atoms with Crippen molar-refractivity contribution in [3.63, 3.8) is 0 Å². The van der Waals surface area contributed by atoms with Gasteiger partial charge in [-0.2, -0.15) is 10.4 Å². The van der Waals surface area contributed by atoms with E-state index in [4.69, 9.17) is 21.3 Å². The Kier molecular flexibility index (Phi) is 5.15. The molecule has 2 aliphatic rings. The Hall–Kier alpha value is -2.95. The predicted molar refractivity (Wildman–Crippen MR) is 126 cm³/mol. The number of anilines is 1. The Morgan fingerprint density at radius 3 is 2.81 bits per heavy atom. The first-order valence-electron chi connectivity index (χ1n) is 10.8. The molecule has 0 saturated carbocycles. The summed E-state index contributed by atoms with van der Waals surface area (Å²) in [5.74, 6) is 0.918. The molecule has 2 fully saturated rings.